The molecule has 1 rings (SSSR count). The van der Waals surface area contributed by atoms with E-state index >= 15 is 0 Å². The highest BCUT2D eigenvalue weighted by molar-refractivity contribution is 5.39. The van der Waals surface area contributed by atoms with E-state index < -0.39 is 12.7 Å². The average Bonchev–Trinajstić information content (AvgIpc) is 2.33. The van der Waals surface area contributed by atoms with Crippen molar-refractivity contribution in [1.82, 2.24) is 10.2 Å². The molecule has 1 atom stereocenters. The molecule has 1 aromatic carbocycles. The maximum atomic E-state index is 12.6. The molecule has 0 radical (unpaired) electrons. The van der Waals surface area contributed by atoms with Crippen molar-refractivity contribution in [2.45, 2.75) is 39.9 Å². The van der Waals surface area contributed by atoms with Crippen LogP contribution in [0.4, 0.5) is 13.2 Å². The summed E-state index contributed by atoms with van der Waals surface area (Å²) >= 11 is 0. The fourth-order valence-corrected chi connectivity index (χ4v) is 2.88. The van der Waals surface area contributed by atoms with Gasteiger partial charge < -0.3 is 5.32 Å². The maximum absolute atomic E-state index is 12.6. The van der Waals surface area contributed by atoms with Crippen LogP contribution in [0.15, 0.2) is 12.1 Å². The van der Waals surface area contributed by atoms with Gasteiger partial charge in [-0.1, -0.05) is 24.6 Å². The molecule has 0 aliphatic heterocycles. The zero-order valence-corrected chi connectivity index (χ0v) is 13.4. The van der Waals surface area contributed by atoms with Crippen molar-refractivity contribution in [2.24, 2.45) is 0 Å². The Hall–Kier alpha value is -1.07. The number of hydrogen-bond acceptors (Lipinski definition) is 2. The summed E-state index contributed by atoms with van der Waals surface area (Å²) in [7, 11) is 1.80. The minimum absolute atomic E-state index is 0.104. The molecule has 0 bridgehead atoms. The summed E-state index contributed by atoms with van der Waals surface area (Å²) in [5.41, 5.74) is 4.51. The third-order valence-corrected chi connectivity index (χ3v) is 3.73. The molecule has 0 aliphatic carbocycles. The van der Waals surface area contributed by atoms with Crippen molar-refractivity contribution >= 4 is 0 Å². The maximum Gasteiger partial charge on any atom is 0.401 e. The van der Waals surface area contributed by atoms with E-state index in [1.54, 1.807) is 14.0 Å². The number of alkyl halides is 3. The first-order chi connectivity index (χ1) is 9.67. The quantitative estimate of drug-likeness (QED) is 0.861. The molecular formula is C16H25F3N2. The monoisotopic (exact) mass is 302 g/mol. The van der Waals surface area contributed by atoms with Gasteiger partial charge in [-0.2, -0.15) is 13.2 Å². The molecule has 1 N–H and O–H groups in total. The van der Waals surface area contributed by atoms with E-state index in [2.05, 4.69) is 17.4 Å². The molecule has 0 saturated carbocycles. The van der Waals surface area contributed by atoms with Crippen molar-refractivity contribution in [3.05, 3.63) is 34.4 Å². The zero-order valence-electron chi connectivity index (χ0n) is 13.4. The summed E-state index contributed by atoms with van der Waals surface area (Å²) < 4.78 is 37.8. The number of nitrogens with zero attached hydrogens (tertiary/aromatic N) is 1. The molecule has 0 aromatic heterocycles. The lowest BCUT2D eigenvalue weighted by Crippen LogP contribution is -2.40. The molecule has 0 amide bonds. The second-order valence-corrected chi connectivity index (χ2v) is 5.60. The van der Waals surface area contributed by atoms with Gasteiger partial charge in [0.05, 0.1) is 6.54 Å². The summed E-state index contributed by atoms with van der Waals surface area (Å²) in [5, 5.41) is 3.16. The molecule has 5 heteroatoms. The lowest BCUT2D eigenvalue weighted by molar-refractivity contribution is -0.146. The number of aryl methyl sites for hydroxylation is 3. The van der Waals surface area contributed by atoms with Gasteiger partial charge >= 0.3 is 6.18 Å². The third-order valence-electron chi connectivity index (χ3n) is 3.73. The van der Waals surface area contributed by atoms with Crippen LogP contribution in [-0.2, 0) is 0 Å². The molecule has 0 heterocycles. The normalized spacial score (nSPS) is 13.8. The molecule has 21 heavy (non-hydrogen) atoms. The van der Waals surface area contributed by atoms with E-state index in [-0.39, 0.29) is 6.04 Å². The second-order valence-electron chi connectivity index (χ2n) is 5.60. The largest absolute Gasteiger partial charge is 0.401 e. The van der Waals surface area contributed by atoms with Crippen LogP contribution in [0, 0.1) is 20.8 Å². The van der Waals surface area contributed by atoms with Crippen LogP contribution in [0.1, 0.15) is 35.2 Å². The van der Waals surface area contributed by atoms with Crippen LogP contribution in [-0.4, -0.2) is 37.8 Å². The molecule has 0 spiro atoms. The average molecular weight is 302 g/mol. The Labute approximate surface area is 125 Å². The summed E-state index contributed by atoms with van der Waals surface area (Å²) in [5.74, 6) is 0. The number of nitrogens with one attached hydrogen (secondary N) is 1. The Kier molecular flexibility index (Phi) is 6.23. The van der Waals surface area contributed by atoms with E-state index in [1.165, 1.54) is 10.5 Å². The Morgan fingerprint density at radius 2 is 1.67 bits per heavy atom. The fraction of sp³-hybridized carbons (Fsp3) is 0.625. The van der Waals surface area contributed by atoms with Crippen molar-refractivity contribution in [3.8, 4) is 0 Å². The lowest BCUT2D eigenvalue weighted by atomic mass is 9.93. The molecule has 2 nitrogen and oxygen atoms in total. The number of rotatable bonds is 6. The van der Waals surface area contributed by atoms with E-state index in [1.807, 2.05) is 20.8 Å². The van der Waals surface area contributed by atoms with Gasteiger partial charge in [-0.25, -0.2) is 0 Å². The molecule has 1 aromatic rings. The highest BCUT2D eigenvalue weighted by atomic mass is 19.4. The summed E-state index contributed by atoms with van der Waals surface area (Å²) in [4.78, 5) is 1.43. The van der Waals surface area contributed by atoms with Crippen molar-refractivity contribution in [3.63, 3.8) is 0 Å². The number of likely N-dealkylation sites (N-methyl/N-ethyl adjacent to an activating group) is 2. The predicted octanol–water partition coefficient (Wildman–Crippen LogP) is 3.76. The molecule has 120 valence electrons. The van der Waals surface area contributed by atoms with Crippen LogP contribution < -0.4 is 5.32 Å². The van der Waals surface area contributed by atoms with E-state index in [0.717, 1.165) is 16.7 Å². The highest BCUT2D eigenvalue weighted by Gasteiger charge is 2.31. The Morgan fingerprint density at radius 3 is 2.05 bits per heavy atom. The standard InChI is InChI=1S/C16H25F3N2/c1-6-21(10-16(17,18)19)9-14(20-5)15-12(3)7-11(2)8-13(15)4/h7-8,14,20H,6,9-10H2,1-5H3. The first-order valence-corrected chi connectivity index (χ1v) is 7.22. The molecule has 1 unspecified atom stereocenters. The van der Waals surface area contributed by atoms with Gasteiger partial charge in [-0.3, -0.25) is 4.90 Å². The highest BCUT2D eigenvalue weighted by Crippen LogP contribution is 2.25. The Balaban J connectivity index is 2.98. The van der Waals surface area contributed by atoms with Crippen LogP contribution in [0.5, 0.6) is 0 Å². The van der Waals surface area contributed by atoms with Crippen molar-refractivity contribution in [2.75, 3.05) is 26.7 Å². The van der Waals surface area contributed by atoms with Gasteiger partial charge in [-0.05, 0) is 51.1 Å². The first kappa shape index (κ1) is 18.0. The SMILES string of the molecule is CCN(CC(NC)c1c(C)cc(C)cc1C)CC(F)(F)F. The first-order valence-electron chi connectivity index (χ1n) is 7.22. The van der Waals surface area contributed by atoms with Crippen LogP contribution in [0.2, 0.25) is 0 Å². The van der Waals surface area contributed by atoms with Gasteiger partial charge in [0.25, 0.3) is 0 Å². The Bertz CT molecular complexity index is 446. The number of benzene rings is 1. The van der Waals surface area contributed by atoms with Crippen LogP contribution in [0.3, 0.4) is 0 Å². The summed E-state index contributed by atoms with van der Waals surface area (Å²) in [6, 6.07) is 4.05. The molecular weight excluding hydrogens is 277 g/mol. The lowest BCUT2D eigenvalue weighted by Gasteiger charge is -2.29. The minimum Gasteiger partial charge on any atom is -0.312 e. The van der Waals surface area contributed by atoms with Gasteiger partial charge in [-0.15, -0.1) is 0 Å². The van der Waals surface area contributed by atoms with Gasteiger partial charge in [0.15, 0.2) is 0 Å². The van der Waals surface area contributed by atoms with E-state index in [4.69, 9.17) is 0 Å². The molecule has 0 aliphatic rings. The summed E-state index contributed by atoms with van der Waals surface area (Å²) in [6.45, 7) is 7.66. The van der Waals surface area contributed by atoms with Gasteiger partial charge in [0, 0.05) is 12.6 Å². The predicted molar refractivity (Wildman–Crippen MR) is 80.6 cm³/mol. The van der Waals surface area contributed by atoms with Crippen LogP contribution in [0.25, 0.3) is 0 Å². The second kappa shape index (κ2) is 7.27. The van der Waals surface area contributed by atoms with E-state index in [9.17, 15) is 13.2 Å². The Morgan fingerprint density at radius 1 is 1.14 bits per heavy atom. The topological polar surface area (TPSA) is 15.3 Å². The van der Waals surface area contributed by atoms with Crippen LogP contribution >= 0.6 is 0 Å². The van der Waals surface area contributed by atoms with Crippen molar-refractivity contribution < 1.29 is 13.2 Å². The van der Waals surface area contributed by atoms with Gasteiger partial charge in [0.2, 0.25) is 0 Å². The smallest absolute Gasteiger partial charge is 0.312 e. The number of halogens is 3. The third kappa shape index (κ3) is 5.32. The fourth-order valence-electron chi connectivity index (χ4n) is 2.88. The van der Waals surface area contributed by atoms with Crippen molar-refractivity contribution in [1.29, 1.82) is 0 Å². The number of hydrogen-bond donors (Lipinski definition) is 1. The summed E-state index contributed by atoms with van der Waals surface area (Å²) in [6.07, 6.45) is -4.16. The molecule has 0 saturated heterocycles. The van der Waals surface area contributed by atoms with Gasteiger partial charge in [0.1, 0.15) is 0 Å². The minimum atomic E-state index is -4.16. The zero-order chi connectivity index (χ0) is 16.2. The molecule has 0 fully saturated rings. The van der Waals surface area contributed by atoms with E-state index in [0.29, 0.717) is 13.1 Å².